The second kappa shape index (κ2) is 3.63. The first-order chi connectivity index (χ1) is 6.33. The Hall–Kier alpha value is -0.410. The predicted octanol–water partition coefficient (Wildman–Crippen LogP) is 2.02. The number of aldehydes is 1. The predicted molar refractivity (Wildman–Crippen MR) is 55.8 cm³/mol. The van der Waals surface area contributed by atoms with E-state index < -0.39 is 0 Å². The molecule has 0 spiro atoms. The third-order valence-corrected chi connectivity index (χ3v) is 3.00. The standard InChI is InChI=1S/C11H21NO2/c1-10(2)6-9(8-13)7-11(3,4)12(10)14-5/h8-9H,6-7H2,1-5H3. The quantitative estimate of drug-likeness (QED) is 0.637. The van der Waals surface area contributed by atoms with E-state index in [9.17, 15) is 4.79 Å². The van der Waals surface area contributed by atoms with E-state index in [0.29, 0.717) is 0 Å². The largest absolute Gasteiger partial charge is 0.303 e. The summed E-state index contributed by atoms with van der Waals surface area (Å²) in [7, 11) is 1.70. The number of nitrogens with zero attached hydrogens (tertiary/aromatic N) is 1. The van der Waals surface area contributed by atoms with Crippen LogP contribution in [0.4, 0.5) is 0 Å². The first-order valence-corrected chi connectivity index (χ1v) is 5.13. The molecule has 1 saturated heterocycles. The number of carbonyl (C=O) groups excluding carboxylic acids is 1. The molecule has 0 N–H and O–H groups in total. The third-order valence-electron chi connectivity index (χ3n) is 3.00. The summed E-state index contributed by atoms with van der Waals surface area (Å²) < 4.78 is 0. The molecule has 0 atom stereocenters. The number of hydrogen-bond donors (Lipinski definition) is 0. The fourth-order valence-corrected chi connectivity index (χ4v) is 2.93. The Balaban J connectivity index is 2.92. The minimum absolute atomic E-state index is 0.0674. The molecule has 14 heavy (non-hydrogen) atoms. The molecule has 1 fully saturated rings. The highest BCUT2D eigenvalue weighted by atomic mass is 16.7. The van der Waals surface area contributed by atoms with Gasteiger partial charge in [-0.1, -0.05) is 0 Å². The van der Waals surface area contributed by atoms with Crippen LogP contribution in [-0.4, -0.2) is 29.5 Å². The lowest BCUT2D eigenvalue weighted by atomic mass is 9.76. The Morgan fingerprint density at radius 3 is 1.93 bits per heavy atom. The van der Waals surface area contributed by atoms with Crippen LogP contribution in [-0.2, 0) is 9.63 Å². The Kier molecular flexibility index (Phi) is 3.02. The molecule has 0 aromatic rings. The Labute approximate surface area is 86.4 Å². The van der Waals surface area contributed by atoms with Crippen LogP contribution >= 0.6 is 0 Å². The molecule has 1 aliphatic heterocycles. The normalized spacial score (nSPS) is 27.5. The van der Waals surface area contributed by atoms with Crippen molar-refractivity contribution in [3.05, 3.63) is 0 Å². The van der Waals surface area contributed by atoms with E-state index in [1.54, 1.807) is 7.11 Å². The van der Waals surface area contributed by atoms with Crippen molar-refractivity contribution in [2.45, 2.75) is 51.6 Å². The molecule has 0 aromatic carbocycles. The minimum atomic E-state index is -0.0674. The van der Waals surface area contributed by atoms with Gasteiger partial charge in [-0.25, -0.2) is 0 Å². The van der Waals surface area contributed by atoms with Crippen molar-refractivity contribution in [2.24, 2.45) is 5.92 Å². The van der Waals surface area contributed by atoms with E-state index in [1.165, 1.54) is 0 Å². The lowest BCUT2D eigenvalue weighted by molar-refractivity contribution is -0.269. The maximum absolute atomic E-state index is 10.9. The van der Waals surface area contributed by atoms with Gasteiger partial charge < -0.3 is 9.63 Å². The van der Waals surface area contributed by atoms with Crippen LogP contribution in [0, 0.1) is 5.92 Å². The summed E-state index contributed by atoms with van der Waals surface area (Å²) in [5.41, 5.74) is -0.135. The Morgan fingerprint density at radius 2 is 1.64 bits per heavy atom. The molecule has 3 nitrogen and oxygen atoms in total. The van der Waals surface area contributed by atoms with E-state index in [1.807, 2.05) is 5.06 Å². The van der Waals surface area contributed by atoms with Gasteiger partial charge in [0.1, 0.15) is 6.29 Å². The van der Waals surface area contributed by atoms with Crippen molar-refractivity contribution in [2.75, 3.05) is 7.11 Å². The second-order valence-corrected chi connectivity index (χ2v) is 5.41. The summed E-state index contributed by atoms with van der Waals surface area (Å²) in [6, 6.07) is 0. The highest BCUT2D eigenvalue weighted by Gasteiger charge is 2.45. The van der Waals surface area contributed by atoms with Crippen LogP contribution < -0.4 is 0 Å². The van der Waals surface area contributed by atoms with Crippen LogP contribution in [0.15, 0.2) is 0 Å². The van der Waals surface area contributed by atoms with Gasteiger partial charge in [0, 0.05) is 17.0 Å². The second-order valence-electron chi connectivity index (χ2n) is 5.41. The topological polar surface area (TPSA) is 29.5 Å². The van der Waals surface area contributed by atoms with Gasteiger partial charge in [0.15, 0.2) is 0 Å². The summed E-state index contributed by atoms with van der Waals surface area (Å²) >= 11 is 0. The third kappa shape index (κ3) is 1.98. The smallest absolute Gasteiger partial charge is 0.123 e. The average Bonchev–Trinajstić information content (AvgIpc) is 2.00. The zero-order chi connectivity index (χ0) is 11.0. The number of piperidine rings is 1. The molecule has 0 unspecified atom stereocenters. The zero-order valence-electron chi connectivity index (χ0n) is 9.83. The fraction of sp³-hybridized carbons (Fsp3) is 0.909. The van der Waals surface area contributed by atoms with Crippen molar-refractivity contribution < 1.29 is 9.63 Å². The van der Waals surface area contributed by atoms with Crippen molar-refractivity contribution in [3.63, 3.8) is 0 Å². The number of rotatable bonds is 2. The summed E-state index contributed by atoms with van der Waals surface area (Å²) in [5.74, 6) is 0.159. The van der Waals surface area contributed by atoms with Crippen molar-refractivity contribution >= 4 is 6.29 Å². The van der Waals surface area contributed by atoms with E-state index >= 15 is 0 Å². The van der Waals surface area contributed by atoms with Crippen LogP contribution in [0.5, 0.6) is 0 Å². The van der Waals surface area contributed by atoms with Crippen LogP contribution in [0.2, 0.25) is 0 Å². The lowest BCUT2D eigenvalue weighted by Gasteiger charge is -2.52. The van der Waals surface area contributed by atoms with Gasteiger partial charge in [-0.15, -0.1) is 0 Å². The maximum Gasteiger partial charge on any atom is 0.123 e. The van der Waals surface area contributed by atoms with E-state index in [2.05, 4.69) is 27.7 Å². The number of carbonyl (C=O) groups is 1. The van der Waals surface area contributed by atoms with Gasteiger partial charge in [0.05, 0.1) is 7.11 Å². The van der Waals surface area contributed by atoms with Gasteiger partial charge in [0.2, 0.25) is 0 Å². The molecular formula is C11H21NO2. The molecule has 1 heterocycles. The number of hydroxylamine groups is 2. The summed E-state index contributed by atoms with van der Waals surface area (Å²) in [6.07, 6.45) is 2.82. The summed E-state index contributed by atoms with van der Waals surface area (Å²) in [5, 5.41) is 2.01. The Morgan fingerprint density at radius 1 is 1.21 bits per heavy atom. The summed E-state index contributed by atoms with van der Waals surface area (Å²) in [4.78, 5) is 16.3. The van der Waals surface area contributed by atoms with E-state index in [-0.39, 0.29) is 17.0 Å². The fourth-order valence-electron chi connectivity index (χ4n) is 2.93. The summed E-state index contributed by atoms with van der Waals surface area (Å²) in [6.45, 7) is 8.48. The van der Waals surface area contributed by atoms with Crippen LogP contribution in [0.25, 0.3) is 0 Å². The molecule has 82 valence electrons. The molecule has 1 rings (SSSR count). The Bertz CT molecular complexity index is 205. The molecule has 0 aliphatic carbocycles. The molecule has 0 radical (unpaired) electrons. The molecule has 0 bridgehead atoms. The molecule has 3 heteroatoms. The van der Waals surface area contributed by atoms with Gasteiger partial charge >= 0.3 is 0 Å². The van der Waals surface area contributed by atoms with Crippen molar-refractivity contribution in [3.8, 4) is 0 Å². The average molecular weight is 199 g/mol. The zero-order valence-corrected chi connectivity index (χ0v) is 9.83. The van der Waals surface area contributed by atoms with Gasteiger partial charge in [0.25, 0.3) is 0 Å². The molecule has 0 aromatic heterocycles. The first-order valence-electron chi connectivity index (χ1n) is 5.13. The highest BCUT2D eigenvalue weighted by Crippen LogP contribution is 2.40. The van der Waals surface area contributed by atoms with Gasteiger partial charge in [-0.2, -0.15) is 5.06 Å². The van der Waals surface area contributed by atoms with Crippen molar-refractivity contribution in [1.29, 1.82) is 0 Å². The lowest BCUT2D eigenvalue weighted by Crippen LogP contribution is -2.60. The van der Waals surface area contributed by atoms with Gasteiger partial charge in [-0.3, -0.25) is 0 Å². The minimum Gasteiger partial charge on any atom is -0.303 e. The number of hydrogen-bond acceptors (Lipinski definition) is 3. The van der Waals surface area contributed by atoms with Crippen LogP contribution in [0.3, 0.4) is 0 Å². The molecular weight excluding hydrogens is 178 g/mol. The molecule has 0 saturated carbocycles. The maximum atomic E-state index is 10.9. The van der Waals surface area contributed by atoms with Gasteiger partial charge in [-0.05, 0) is 40.5 Å². The monoisotopic (exact) mass is 199 g/mol. The van der Waals surface area contributed by atoms with Crippen molar-refractivity contribution in [1.82, 2.24) is 5.06 Å². The SMILES string of the molecule is CON1C(C)(C)CC(C=O)CC1(C)C. The highest BCUT2D eigenvalue weighted by molar-refractivity contribution is 5.54. The molecule has 1 aliphatic rings. The van der Waals surface area contributed by atoms with Crippen LogP contribution in [0.1, 0.15) is 40.5 Å². The first kappa shape index (κ1) is 11.7. The van der Waals surface area contributed by atoms with E-state index in [0.717, 1.165) is 19.1 Å². The van der Waals surface area contributed by atoms with E-state index in [4.69, 9.17) is 4.84 Å². The molecule has 0 amide bonds.